The summed E-state index contributed by atoms with van der Waals surface area (Å²) >= 11 is 0. The molecule has 1 heterocycles. The van der Waals surface area contributed by atoms with Crippen LogP contribution in [0.3, 0.4) is 0 Å². The van der Waals surface area contributed by atoms with Crippen molar-refractivity contribution in [3.63, 3.8) is 0 Å². The van der Waals surface area contributed by atoms with Gasteiger partial charge in [0.15, 0.2) is 5.69 Å². The number of carbonyl (C=O) groups excluding carboxylic acids is 1. The topological polar surface area (TPSA) is 64.3 Å². The second-order valence-electron chi connectivity index (χ2n) is 3.61. The number of aliphatic hydroxyl groups excluding tert-OH is 1. The van der Waals surface area contributed by atoms with Gasteiger partial charge in [-0.2, -0.15) is 5.10 Å². The average Bonchev–Trinajstić information content (AvgIpc) is 2.70. The highest BCUT2D eigenvalue weighted by Gasteiger charge is 2.31. The maximum atomic E-state index is 11.5. The molecule has 0 saturated heterocycles. The minimum Gasteiger partial charge on any atom is -0.461 e. The van der Waals surface area contributed by atoms with Crippen molar-refractivity contribution < 1.29 is 14.6 Å². The number of aryl methyl sites for hydroxylation is 1. The van der Waals surface area contributed by atoms with E-state index in [0.29, 0.717) is 25.1 Å². The molecule has 0 fully saturated rings. The minimum atomic E-state index is -0.499. The fourth-order valence-corrected chi connectivity index (χ4v) is 2.03. The number of nitrogens with zero attached hydrogens (tertiary/aromatic N) is 2. The van der Waals surface area contributed by atoms with Crippen LogP contribution in [0.5, 0.6) is 0 Å². The zero-order valence-electron chi connectivity index (χ0n) is 8.86. The molecule has 15 heavy (non-hydrogen) atoms. The highest BCUT2D eigenvalue weighted by molar-refractivity contribution is 5.89. The first kappa shape index (κ1) is 10.2. The number of hydrogen-bond donors (Lipinski definition) is 1. The summed E-state index contributed by atoms with van der Waals surface area (Å²) in [5, 5.41) is 13.8. The lowest BCUT2D eigenvalue weighted by atomic mass is 10.2. The third-order valence-electron chi connectivity index (χ3n) is 2.65. The number of aliphatic hydroxyl groups is 1. The predicted molar refractivity (Wildman–Crippen MR) is 52.4 cm³/mol. The Hall–Kier alpha value is -1.36. The number of aromatic nitrogens is 2. The summed E-state index contributed by atoms with van der Waals surface area (Å²) in [5.74, 6) is -0.400. The van der Waals surface area contributed by atoms with E-state index in [1.54, 1.807) is 18.7 Å². The number of hydrogen-bond acceptors (Lipinski definition) is 4. The van der Waals surface area contributed by atoms with Crippen molar-refractivity contribution >= 4 is 5.97 Å². The summed E-state index contributed by atoms with van der Waals surface area (Å²) in [4.78, 5) is 11.5. The van der Waals surface area contributed by atoms with Crippen LogP contribution in [0.25, 0.3) is 0 Å². The van der Waals surface area contributed by atoms with E-state index in [2.05, 4.69) is 5.10 Å². The van der Waals surface area contributed by atoms with E-state index in [1.165, 1.54) is 0 Å². The van der Waals surface area contributed by atoms with Crippen molar-refractivity contribution in [1.29, 1.82) is 0 Å². The van der Waals surface area contributed by atoms with Crippen LogP contribution in [0.2, 0.25) is 0 Å². The Morgan fingerprint density at radius 1 is 1.73 bits per heavy atom. The summed E-state index contributed by atoms with van der Waals surface area (Å²) in [5.41, 5.74) is 1.94. The quantitative estimate of drug-likeness (QED) is 0.725. The molecule has 0 aromatic carbocycles. The van der Waals surface area contributed by atoms with Crippen LogP contribution in [0.1, 0.15) is 41.2 Å². The molecule has 1 unspecified atom stereocenters. The van der Waals surface area contributed by atoms with Gasteiger partial charge in [0.1, 0.15) is 0 Å². The standard InChI is InChI=1S/C10H14N2O3/c1-3-15-10(14)8-6-4-5-7(13)9(6)12(2)11-8/h7,13H,3-5H2,1-2H3. The molecule has 1 aromatic heterocycles. The van der Waals surface area contributed by atoms with Gasteiger partial charge in [0.05, 0.1) is 18.4 Å². The van der Waals surface area contributed by atoms with Gasteiger partial charge in [-0.05, 0) is 19.8 Å². The molecule has 1 aromatic rings. The summed E-state index contributed by atoms with van der Waals surface area (Å²) in [7, 11) is 1.73. The van der Waals surface area contributed by atoms with Crippen LogP contribution in [-0.2, 0) is 18.2 Å². The highest BCUT2D eigenvalue weighted by atomic mass is 16.5. The largest absolute Gasteiger partial charge is 0.461 e. The zero-order chi connectivity index (χ0) is 11.0. The van der Waals surface area contributed by atoms with Gasteiger partial charge in [0.2, 0.25) is 0 Å². The van der Waals surface area contributed by atoms with Crippen molar-refractivity contribution in [2.45, 2.75) is 25.9 Å². The third-order valence-corrected chi connectivity index (χ3v) is 2.65. The molecule has 1 N–H and O–H groups in total. The molecule has 1 aliphatic carbocycles. The van der Waals surface area contributed by atoms with E-state index in [9.17, 15) is 9.90 Å². The Labute approximate surface area is 87.7 Å². The molecular weight excluding hydrogens is 196 g/mol. The van der Waals surface area contributed by atoms with Crippen molar-refractivity contribution in [1.82, 2.24) is 9.78 Å². The number of rotatable bonds is 2. The molecule has 0 bridgehead atoms. The van der Waals surface area contributed by atoms with Gasteiger partial charge in [-0.1, -0.05) is 0 Å². The lowest BCUT2D eigenvalue weighted by molar-refractivity contribution is 0.0517. The second kappa shape index (κ2) is 3.66. The summed E-state index contributed by atoms with van der Waals surface area (Å²) in [6.45, 7) is 2.10. The fourth-order valence-electron chi connectivity index (χ4n) is 2.03. The Kier molecular flexibility index (Phi) is 2.48. The van der Waals surface area contributed by atoms with Crippen LogP contribution in [-0.4, -0.2) is 27.5 Å². The van der Waals surface area contributed by atoms with Gasteiger partial charge < -0.3 is 9.84 Å². The molecular formula is C10H14N2O3. The first-order chi connectivity index (χ1) is 7.15. The van der Waals surface area contributed by atoms with Crippen LogP contribution in [0, 0.1) is 0 Å². The molecule has 0 amide bonds. The first-order valence-corrected chi connectivity index (χ1v) is 5.06. The van der Waals surface area contributed by atoms with E-state index in [1.807, 2.05) is 0 Å². The maximum absolute atomic E-state index is 11.5. The normalized spacial score (nSPS) is 19.0. The van der Waals surface area contributed by atoms with Crippen molar-refractivity contribution in [2.24, 2.45) is 7.05 Å². The second-order valence-corrected chi connectivity index (χ2v) is 3.61. The van der Waals surface area contributed by atoms with Gasteiger partial charge in [-0.25, -0.2) is 4.79 Å². The van der Waals surface area contributed by atoms with E-state index in [0.717, 1.165) is 11.3 Å². The molecule has 5 heteroatoms. The molecule has 0 aliphatic heterocycles. The van der Waals surface area contributed by atoms with Gasteiger partial charge in [-0.15, -0.1) is 0 Å². The smallest absolute Gasteiger partial charge is 0.359 e. The summed E-state index contributed by atoms with van der Waals surface area (Å²) in [6.07, 6.45) is 0.854. The van der Waals surface area contributed by atoms with Crippen LogP contribution in [0.4, 0.5) is 0 Å². The lowest BCUT2D eigenvalue weighted by Gasteiger charge is -2.02. The molecule has 0 saturated carbocycles. The van der Waals surface area contributed by atoms with E-state index >= 15 is 0 Å². The molecule has 1 atom stereocenters. The molecule has 5 nitrogen and oxygen atoms in total. The van der Waals surface area contributed by atoms with Gasteiger partial charge in [0.25, 0.3) is 0 Å². The van der Waals surface area contributed by atoms with Gasteiger partial charge >= 0.3 is 5.97 Å². The Morgan fingerprint density at radius 2 is 2.47 bits per heavy atom. The molecule has 2 rings (SSSR count). The van der Waals surface area contributed by atoms with Crippen LogP contribution >= 0.6 is 0 Å². The summed E-state index contributed by atoms with van der Waals surface area (Å²) < 4.78 is 6.47. The van der Waals surface area contributed by atoms with Crippen LogP contribution < -0.4 is 0 Å². The monoisotopic (exact) mass is 210 g/mol. The molecule has 0 radical (unpaired) electrons. The van der Waals surface area contributed by atoms with E-state index in [-0.39, 0.29) is 0 Å². The predicted octanol–water partition coefficient (Wildman–Crippen LogP) is 0.576. The lowest BCUT2D eigenvalue weighted by Crippen LogP contribution is -2.08. The van der Waals surface area contributed by atoms with E-state index < -0.39 is 12.1 Å². The Bertz CT molecular complexity index is 398. The van der Waals surface area contributed by atoms with Crippen molar-refractivity contribution in [2.75, 3.05) is 6.61 Å². The van der Waals surface area contributed by atoms with Crippen LogP contribution in [0.15, 0.2) is 0 Å². The van der Waals surface area contributed by atoms with Crippen molar-refractivity contribution in [3.8, 4) is 0 Å². The number of esters is 1. The highest BCUT2D eigenvalue weighted by Crippen LogP contribution is 2.32. The third kappa shape index (κ3) is 1.52. The number of fused-ring (bicyclic) bond motifs is 1. The average molecular weight is 210 g/mol. The number of ether oxygens (including phenoxy) is 1. The molecule has 1 aliphatic rings. The molecule has 82 valence electrons. The fraction of sp³-hybridized carbons (Fsp3) is 0.600. The van der Waals surface area contributed by atoms with Gasteiger partial charge in [0, 0.05) is 12.6 Å². The maximum Gasteiger partial charge on any atom is 0.359 e. The van der Waals surface area contributed by atoms with E-state index in [4.69, 9.17) is 4.74 Å². The van der Waals surface area contributed by atoms with Crippen molar-refractivity contribution in [3.05, 3.63) is 17.0 Å². The first-order valence-electron chi connectivity index (χ1n) is 5.06. The Morgan fingerprint density at radius 3 is 3.13 bits per heavy atom. The minimum absolute atomic E-state index is 0.340. The zero-order valence-corrected chi connectivity index (χ0v) is 8.86. The summed E-state index contributed by atoms with van der Waals surface area (Å²) in [6, 6.07) is 0. The van der Waals surface area contributed by atoms with Gasteiger partial charge in [-0.3, -0.25) is 4.68 Å². The number of carbonyl (C=O) groups is 1. The SMILES string of the molecule is CCOC(=O)c1nn(C)c2c1CCC2O. The Balaban J connectivity index is 2.39. The molecule has 0 spiro atoms.